The largest absolute Gasteiger partial charge is 0.466 e. The third kappa shape index (κ3) is 3.96. The summed E-state index contributed by atoms with van der Waals surface area (Å²) < 4.78 is 30.5. The lowest BCUT2D eigenvalue weighted by Crippen LogP contribution is -2.12. The van der Waals surface area contributed by atoms with Crippen molar-refractivity contribution in [1.29, 1.82) is 5.26 Å². The van der Waals surface area contributed by atoms with Crippen LogP contribution in [0.3, 0.4) is 0 Å². The lowest BCUT2D eigenvalue weighted by molar-refractivity contribution is -0.142. The second-order valence-electron chi connectivity index (χ2n) is 3.56. The van der Waals surface area contributed by atoms with Crippen LogP contribution in [0.1, 0.15) is 35.9 Å². The lowest BCUT2D eigenvalue weighted by Gasteiger charge is -2.10. The van der Waals surface area contributed by atoms with Crippen molar-refractivity contribution in [3.63, 3.8) is 0 Å². The maximum Gasteiger partial charge on any atom is 0.311 e. The van der Waals surface area contributed by atoms with E-state index in [4.69, 9.17) is 10.00 Å². The molecule has 1 aromatic heterocycles. The summed E-state index contributed by atoms with van der Waals surface area (Å²) in [5.74, 6) is -0.646. The van der Waals surface area contributed by atoms with Crippen LogP contribution in [0.4, 0.5) is 8.78 Å². The minimum atomic E-state index is -2.76. The average Bonchev–Trinajstić information content (AvgIpc) is 2.38. The first-order chi connectivity index (χ1) is 9.03. The van der Waals surface area contributed by atoms with Gasteiger partial charge in [-0.05, 0) is 18.6 Å². The van der Waals surface area contributed by atoms with Crippen LogP contribution in [0.5, 0.6) is 0 Å². The number of carbonyl (C=O) groups excluding carboxylic acids is 1. The van der Waals surface area contributed by atoms with Crippen molar-refractivity contribution in [3.8, 4) is 6.07 Å². The molecule has 0 aliphatic carbocycles. The maximum atomic E-state index is 12.9. The Balaban J connectivity index is 3.21. The van der Waals surface area contributed by atoms with Crippen LogP contribution in [0.25, 0.3) is 0 Å². The van der Waals surface area contributed by atoms with Crippen molar-refractivity contribution in [2.45, 2.75) is 25.1 Å². The van der Waals surface area contributed by atoms with E-state index in [9.17, 15) is 13.6 Å². The summed E-state index contributed by atoms with van der Waals surface area (Å²) in [7, 11) is 0. The van der Waals surface area contributed by atoms with Crippen LogP contribution < -0.4 is 0 Å². The zero-order chi connectivity index (χ0) is 14.4. The molecule has 1 heterocycles. The highest BCUT2D eigenvalue weighted by atomic mass is 79.9. The fourth-order valence-electron chi connectivity index (χ4n) is 1.49. The zero-order valence-electron chi connectivity index (χ0n) is 10.1. The quantitative estimate of drug-likeness (QED) is 0.614. The summed E-state index contributed by atoms with van der Waals surface area (Å²) in [6.07, 6.45) is -3.13. The predicted octanol–water partition coefficient (Wildman–Crippen LogP) is 2.89. The Bertz CT molecular complexity index is 515. The van der Waals surface area contributed by atoms with Crippen LogP contribution in [-0.4, -0.2) is 17.6 Å². The summed E-state index contributed by atoms with van der Waals surface area (Å²) in [5.41, 5.74) is -0.0674. The molecule has 0 atom stereocenters. The summed E-state index contributed by atoms with van der Waals surface area (Å²) in [6, 6.07) is 3.01. The molecule has 0 spiro atoms. The minimum Gasteiger partial charge on any atom is -0.466 e. The molecule has 1 aromatic rings. The first kappa shape index (κ1) is 15.5. The third-order valence-electron chi connectivity index (χ3n) is 2.32. The van der Waals surface area contributed by atoms with E-state index in [-0.39, 0.29) is 35.3 Å². The SMILES string of the molecule is CCOC(=O)Cc1nc(C#N)c(CBr)cc1C(F)F. The van der Waals surface area contributed by atoms with Gasteiger partial charge in [0.1, 0.15) is 11.8 Å². The van der Waals surface area contributed by atoms with E-state index in [0.717, 1.165) is 0 Å². The third-order valence-corrected chi connectivity index (χ3v) is 2.92. The molecule has 0 saturated carbocycles. The number of ether oxygens (including phenoxy) is 1. The molecule has 0 aliphatic rings. The molecule has 0 unspecified atom stereocenters. The van der Waals surface area contributed by atoms with Gasteiger partial charge < -0.3 is 4.74 Å². The van der Waals surface area contributed by atoms with Gasteiger partial charge >= 0.3 is 5.97 Å². The fourth-order valence-corrected chi connectivity index (χ4v) is 1.92. The number of carbonyl (C=O) groups is 1. The lowest BCUT2D eigenvalue weighted by atomic mass is 10.1. The Labute approximate surface area is 117 Å². The summed E-state index contributed by atoms with van der Waals surface area (Å²) in [4.78, 5) is 15.2. The second kappa shape index (κ2) is 7.14. The standard InChI is InChI=1S/C12H11BrF2N2O2/c1-2-19-11(18)4-9-8(12(14)15)3-7(5-13)10(6-16)17-9/h3,12H,2,4-5H2,1H3. The summed E-state index contributed by atoms with van der Waals surface area (Å²) in [6.45, 7) is 1.78. The van der Waals surface area contributed by atoms with Gasteiger partial charge in [0.2, 0.25) is 0 Å². The van der Waals surface area contributed by atoms with Gasteiger partial charge in [-0.2, -0.15) is 5.26 Å². The van der Waals surface area contributed by atoms with Crippen LogP contribution >= 0.6 is 15.9 Å². The van der Waals surface area contributed by atoms with Crippen LogP contribution in [-0.2, 0) is 21.3 Å². The molecule has 0 bridgehead atoms. The Morgan fingerprint density at radius 1 is 1.63 bits per heavy atom. The van der Waals surface area contributed by atoms with E-state index >= 15 is 0 Å². The van der Waals surface area contributed by atoms with Gasteiger partial charge in [-0.1, -0.05) is 15.9 Å². The molecule has 0 aromatic carbocycles. The zero-order valence-corrected chi connectivity index (χ0v) is 11.7. The number of halogens is 3. The van der Waals surface area contributed by atoms with Crippen molar-refractivity contribution in [2.75, 3.05) is 6.61 Å². The van der Waals surface area contributed by atoms with Crippen LogP contribution in [0.15, 0.2) is 6.07 Å². The molecular formula is C12H11BrF2N2O2. The number of esters is 1. The molecule has 0 saturated heterocycles. The van der Waals surface area contributed by atoms with Crippen molar-refractivity contribution in [2.24, 2.45) is 0 Å². The smallest absolute Gasteiger partial charge is 0.311 e. The van der Waals surface area contributed by atoms with Gasteiger partial charge in [0, 0.05) is 10.9 Å². The van der Waals surface area contributed by atoms with Gasteiger partial charge in [-0.15, -0.1) is 0 Å². The number of pyridine rings is 1. The first-order valence-electron chi connectivity index (χ1n) is 5.46. The summed E-state index contributed by atoms with van der Waals surface area (Å²) in [5, 5.41) is 9.14. The van der Waals surface area contributed by atoms with Gasteiger partial charge in [0.15, 0.2) is 0 Å². The monoisotopic (exact) mass is 332 g/mol. The minimum absolute atomic E-state index is 0.0283. The fraction of sp³-hybridized carbons (Fsp3) is 0.417. The number of nitrogens with zero attached hydrogens (tertiary/aromatic N) is 2. The molecule has 0 amide bonds. The topological polar surface area (TPSA) is 63.0 Å². The molecule has 0 aliphatic heterocycles. The Morgan fingerprint density at radius 3 is 2.79 bits per heavy atom. The van der Waals surface area contributed by atoms with Gasteiger partial charge in [0.05, 0.1) is 18.7 Å². The summed E-state index contributed by atoms with van der Waals surface area (Å²) >= 11 is 3.11. The van der Waals surface area contributed by atoms with E-state index in [2.05, 4.69) is 20.9 Å². The normalized spacial score (nSPS) is 10.3. The molecule has 19 heavy (non-hydrogen) atoms. The maximum absolute atomic E-state index is 12.9. The Hall–Kier alpha value is -1.55. The molecule has 0 N–H and O–H groups in total. The Kier molecular flexibility index (Phi) is 5.83. The van der Waals surface area contributed by atoms with E-state index in [1.165, 1.54) is 6.07 Å². The van der Waals surface area contributed by atoms with Crippen LogP contribution in [0.2, 0.25) is 0 Å². The first-order valence-corrected chi connectivity index (χ1v) is 6.58. The highest BCUT2D eigenvalue weighted by Gasteiger charge is 2.20. The molecule has 0 fully saturated rings. The molecule has 0 radical (unpaired) electrons. The molecule has 4 nitrogen and oxygen atoms in total. The number of aromatic nitrogens is 1. The second-order valence-corrected chi connectivity index (χ2v) is 4.12. The van der Waals surface area contributed by atoms with Gasteiger partial charge in [-0.3, -0.25) is 4.79 Å². The molecule has 7 heteroatoms. The van der Waals surface area contributed by atoms with Crippen molar-refractivity contribution in [3.05, 3.63) is 28.6 Å². The van der Waals surface area contributed by atoms with Gasteiger partial charge in [0.25, 0.3) is 6.43 Å². The highest BCUT2D eigenvalue weighted by Crippen LogP contribution is 2.26. The number of hydrogen-bond acceptors (Lipinski definition) is 4. The van der Waals surface area contributed by atoms with E-state index in [1.54, 1.807) is 6.92 Å². The van der Waals surface area contributed by atoms with Crippen molar-refractivity contribution in [1.82, 2.24) is 4.98 Å². The number of hydrogen-bond donors (Lipinski definition) is 0. The van der Waals surface area contributed by atoms with Crippen molar-refractivity contribution < 1.29 is 18.3 Å². The molecular weight excluding hydrogens is 322 g/mol. The van der Waals surface area contributed by atoms with Crippen molar-refractivity contribution >= 4 is 21.9 Å². The van der Waals surface area contributed by atoms with E-state index in [0.29, 0.717) is 5.56 Å². The van der Waals surface area contributed by atoms with E-state index < -0.39 is 12.4 Å². The molecule has 102 valence electrons. The van der Waals surface area contributed by atoms with Crippen LogP contribution in [0, 0.1) is 11.3 Å². The Morgan fingerprint density at radius 2 is 2.32 bits per heavy atom. The molecule has 1 rings (SSSR count). The number of alkyl halides is 3. The van der Waals surface area contributed by atoms with E-state index in [1.807, 2.05) is 6.07 Å². The average molecular weight is 333 g/mol. The number of nitriles is 1. The number of rotatable bonds is 5. The highest BCUT2D eigenvalue weighted by molar-refractivity contribution is 9.08. The van der Waals surface area contributed by atoms with Gasteiger partial charge in [-0.25, -0.2) is 13.8 Å². The predicted molar refractivity (Wildman–Crippen MR) is 66.9 cm³/mol.